The van der Waals surface area contributed by atoms with Gasteiger partial charge in [0.1, 0.15) is 6.04 Å². The van der Waals surface area contributed by atoms with Gasteiger partial charge in [0.15, 0.2) is 0 Å². The van der Waals surface area contributed by atoms with Crippen LogP contribution in [0.1, 0.15) is 18.4 Å². The normalized spacial score (nSPS) is 17.3. The maximum atomic E-state index is 11.3. The Balaban J connectivity index is 2.14. The van der Waals surface area contributed by atoms with Crippen LogP contribution in [0.3, 0.4) is 0 Å². The molecule has 102 valence electrons. The van der Waals surface area contributed by atoms with Crippen LogP contribution in [0.15, 0.2) is 24.3 Å². The molecule has 1 aromatic carbocycles. The van der Waals surface area contributed by atoms with E-state index < -0.39 is 16.9 Å². The third-order valence-corrected chi connectivity index (χ3v) is 3.42. The minimum Gasteiger partial charge on any atom is -0.480 e. The fourth-order valence-electron chi connectivity index (χ4n) is 2.45. The molecule has 19 heavy (non-hydrogen) atoms. The van der Waals surface area contributed by atoms with Crippen LogP contribution in [0.4, 0.5) is 5.69 Å². The molecule has 1 saturated heterocycles. The number of hydrogen-bond donors (Lipinski definition) is 1. The average molecular weight is 264 g/mol. The molecule has 1 heterocycles. The number of carboxylic acid groups (broad SMARTS) is 1. The second kappa shape index (κ2) is 5.79. The first kappa shape index (κ1) is 13.5. The number of nitrogens with zero attached hydrogens (tertiary/aromatic N) is 2. The Morgan fingerprint density at radius 2 is 2.11 bits per heavy atom. The fourth-order valence-corrected chi connectivity index (χ4v) is 2.45. The van der Waals surface area contributed by atoms with E-state index in [0.29, 0.717) is 12.0 Å². The van der Waals surface area contributed by atoms with E-state index in [1.807, 2.05) is 4.90 Å². The summed E-state index contributed by atoms with van der Waals surface area (Å²) in [5, 5.41) is 20.0. The third-order valence-electron chi connectivity index (χ3n) is 3.42. The molecule has 0 saturated carbocycles. The van der Waals surface area contributed by atoms with Crippen LogP contribution in [-0.2, 0) is 11.2 Å². The average Bonchev–Trinajstić information content (AvgIpc) is 2.89. The van der Waals surface area contributed by atoms with Gasteiger partial charge in [0.05, 0.1) is 4.92 Å². The first-order valence-corrected chi connectivity index (χ1v) is 6.28. The van der Waals surface area contributed by atoms with Crippen LogP contribution in [0, 0.1) is 10.1 Å². The quantitative estimate of drug-likeness (QED) is 0.646. The third kappa shape index (κ3) is 3.29. The van der Waals surface area contributed by atoms with Crippen LogP contribution >= 0.6 is 0 Å². The minimum absolute atomic E-state index is 0.00283. The summed E-state index contributed by atoms with van der Waals surface area (Å²) in [6, 6.07) is 5.60. The summed E-state index contributed by atoms with van der Waals surface area (Å²) in [7, 11) is 0. The highest BCUT2D eigenvalue weighted by molar-refractivity contribution is 5.74. The second-order valence-electron chi connectivity index (χ2n) is 4.73. The molecule has 0 aliphatic carbocycles. The molecule has 2 rings (SSSR count). The standard InChI is InChI=1S/C13H16N2O4/c16-13(17)12(14-6-1-2-7-14)9-10-4-3-5-11(8-10)15(18)19/h3-5,8,12H,1-2,6-7,9H2,(H,16,17). The number of nitro benzene ring substituents is 1. The molecule has 1 atom stereocenters. The molecular weight excluding hydrogens is 248 g/mol. The predicted molar refractivity (Wildman–Crippen MR) is 69.0 cm³/mol. The Morgan fingerprint density at radius 3 is 2.68 bits per heavy atom. The molecule has 6 heteroatoms. The van der Waals surface area contributed by atoms with Crippen molar-refractivity contribution in [2.24, 2.45) is 0 Å². The molecule has 6 nitrogen and oxygen atoms in total. The number of rotatable bonds is 5. The van der Waals surface area contributed by atoms with E-state index >= 15 is 0 Å². The van der Waals surface area contributed by atoms with Crippen molar-refractivity contribution in [3.63, 3.8) is 0 Å². The number of carbonyl (C=O) groups is 1. The molecule has 1 aliphatic rings. The molecule has 0 bridgehead atoms. The van der Waals surface area contributed by atoms with Gasteiger partial charge in [-0.15, -0.1) is 0 Å². The Labute approximate surface area is 110 Å². The molecule has 1 fully saturated rings. The molecule has 1 aliphatic heterocycles. The van der Waals surface area contributed by atoms with E-state index in [4.69, 9.17) is 0 Å². The lowest BCUT2D eigenvalue weighted by Gasteiger charge is -2.23. The molecular formula is C13H16N2O4. The van der Waals surface area contributed by atoms with Crippen molar-refractivity contribution >= 4 is 11.7 Å². The number of hydrogen-bond acceptors (Lipinski definition) is 4. The molecule has 1 unspecified atom stereocenters. The van der Waals surface area contributed by atoms with E-state index in [1.165, 1.54) is 12.1 Å². The number of likely N-dealkylation sites (tertiary alicyclic amines) is 1. The van der Waals surface area contributed by atoms with Crippen LogP contribution in [-0.4, -0.2) is 40.0 Å². The SMILES string of the molecule is O=C(O)C(Cc1cccc([N+](=O)[O-])c1)N1CCCC1. The Bertz CT molecular complexity index is 483. The molecule has 1 aromatic rings. The lowest BCUT2D eigenvalue weighted by molar-refractivity contribution is -0.384. The van der Waals surface area contributed by atoms with Gasteiger partial charge >= 0.3 is 5.97 Å². The summed E-state index contributed by atoms with van der Waals surface area (Å²) in [6.07, 6.45) is 2.33. The summed E-state index contributed by atoms with van der Waals surface area (Å²) >= 11 is 0. The van der Waals surface area contributed by atoms with Crippen LogP contribution in [0.25, 0.3) is 0 Å². The van der Waals surface area contributed by atoms with Crippen molar-refractivity contribution in [2.45, 2.75) is 25.3 Å². The van der Waals surface area contributed by atoms with Gasteiger partial charge in [-0.2, -0.15) is 0 Å². The second-order valence-corrected chi connectivity index (χ2v) is 4.73. The summed E-state index contributed by atoms with van der Waals surface area (Å²) in [4.78, 5) is 23.5. The zero-order valence-corrected chi connectivity index (χ0v) is 10.5. The zero-order chi connectivity index (χ0) is 13.8. The van der Waals surface area contributed by atoms with Crippen LogP contribution in [0.5, 0.6) is 0 Å². The van der Waals surface area contributed by atoms with E-state index in [-0.39, 0.29) is 5.69 Å². The highest BCUT2D eigenvalue weighted by Gasteiger charge is 2.28. The van der Waals surface area contributed by atoms with Crippen molar-refractivity contribution in [2.75, 3.05) is 13.1 Å². The van der Waals surface area contributed by atoms with Crippen LogP contribution < -0.4 is 0 Å². The molecule has 0 amide bonds. The van der Waals surface area contributed by atoms with Gasteiger partial charge in [-0.05, 0) is 37.9 Å². The summed E-state index contributed by atoms with van der Waals surface area (Å²) < 4.78 is 0. The fraction of sp³-hybridized carbons (Fsp3) is 0.462. The zero-order valence-electron chi connectivity index (χ0n) is 10.5. The molecule has 1 N–H and O–H groups in total. The number of non-ortho nitro benzene ring substituents is 1. The van der Waals surface area contributed by atoms with Gasteiger partial charge in [0, 0.05) is 12.1 Å². The first-order chi connectivity index (χ1) is 9.08. The molecule has 0 spiro atoms. The van der Waals surface area contributed by atoms with Gasteiger partial charge in [-0.1, -0.05) is 12.1 Å². The Hall–Kier alpha value is -1.95. The predicted octanol–water partition coefficient (Wildman–Crippen LogP) is 1.69. The Morgan fingerprint density at radius 1 is 1.42 bits per heavy atom. The van der Waals surface area contributed by atoms with E-state index in [1.54, 1.807) is 12.1 Å². The van der Waals surface area contributed by atoms with Crippen molar-refractivity contribution in [3.8, 4) is 0 Å². The topological polar surface area (TPSA) is 83.7 Å². The highest BCUT2D eigenvalue weighted by Crippen LogP contribution is 2.19. The first-order valence-electron chi connectivity index (χ1n) is 6.28. The van der Waals surface area contributed by atoms with E-state index in [0.717, 1.165) is 25.9 Å². The van der Waals surface area contributed by atoms with E-state index in [2.05, 4.69) is 0 Å². The van der Waals surface area contributed by atoms with Crippen molar-refractivity contribution < 1.29 is 14.8 Å². The lowest BCUT2D eigenvalue weighted by atomic mass is 10.0. The van der Waals surface area contributed by atoms with Crippen molar-refractivity contribution in [1.82, 2.24) is 4.90 Å². The highest BCUT2D eigenvalue weighted by atomic mass is 16.6. The minimum atomic E-state index is -0.867. The maximum absolute atomic E-state index is 11.3. The number of carboxylic acids is 1. The summed E-state index contributed by atoms with van der Waals surface area (Å²) in [5.74, 6) is -0.867. The number of nitro groups is 1. The maximum Gasteiger partial charge on any atom is 0.321 e. The Kier molecular flexibility index (Phi) is 4.11. The van der Waals surface area contributed by atoms with Gasteiger partial charge in [-0.3, -0.25) is 19.8 Å². The molecule has 0 radical (unpaired) electrons. The van der Waals surface area contributed by atoms with Crippen molar-refractivity contribution in [3.05, 3.63) is 39.9 Å². The summed E-state index contributed by atoms with van der Waals surface area (Å²) in [5.41, 5.74) is 0.691. The van der Waals surface area contributed by atoms with Gasteiger partial charge in [0.25, 0.3) is 5.69 Å². The number of aliphatic carboxylic acids is 1. The largest absolute Gasteiger partial charge is 0.480 e. The monoisotopic (exact) mass is 264 g/mol. The van der Waals surface area contributed by atoms with Gasteiger partial charge < -0.3 is 5.11 Å². The van der Waals surface area contributed by atoms with Gasteiger partial charge in [0.2, 0.25) is 0 Å². The number of benzene rings is 1. The molecule has 0 aromatic heterocycles. The van der Waals surface area contributed by atoms with Crippen molar-refractivity contribution in [1.29, 1.82) is 0 Å². The van der Waals surface area contributed by atoms with Gasteiger partial charge in [-0.25, -0.2) is 0 Å². The lowest BCUT2D eigenvalue weighted by Crippen LogP contribution is -2.40. The van der Waals surface area contributed by atoms with Crippen LogP contribution in [0.2, 0.25) is 0 Å². The smallest absolute Gasteiger partial charge is 0.321 e. The van der Waals surface area contributed by atoms with E-state index in [9.17, 15) is 20.0 Å². The summed E-state index contributed by atoms with van der Waals surface area (Å²) in [6.45, 7) is 1.57.